The van der Waals surface area contributed by atoms with Gasteiger partial charge in [-0.3, -0.25) is 9.59 Å². The van der Waals surface area contributed by atoms with Crippen molar-refractivity contribution in [2.24, 2.45) is 0 Å². The predicted octanol–water partition coefficient (Wildman–Crippen LogP) is 2.51. The molecule has 0 atom stereocenters. The van der Waals surface area contributed by atoms with Gasteiger partial charge in [0.05, 0.1) is 0 Å². The van der Waals surface area contributed by atoms with Crippen LogP contribution >= 0.6 is 0 Å². The summed E-state index contributed by atoms with van der Waals surface area (Å²) in [6.07, 6.45) is 4.79. The number of ketones is 1. The van der Waals surface area contributed by atoms with Gasteiger partial charge in [0.15, 0.2) is 11.2 Å². The molecule has 18 heavy (non-hydrogen) atoms. The maximum atomic E-state index is 11.8. The predicted molar refractivity (Wildman–Crippen MR) is 70.7 cm³/mol. The van der Waals surface area contributed by atoms with E-state index in [-0.39, 0.29) is 11.2 Å². The first-order valence-electron chi connectivity index (χ1n) is 6.00. The molecule has 1 aromatic carbocycles. The molecule has 0 bridgehead atoms. The summed E-state index contributed by atoms with van der Waals surface area (Å²) in [4.78, 5) is 22.8. The number of benzene rings is 1. The van der Waals surface area contributed by atoms with Gasteiger partial charge in [-0.15, -0.1) is 0 Å². The van der Waals surface area contributed by atoms with Gasteiger partial charge in [0, 0.05) is 43.1 Å². The summed E-state index contributed by atoms with van der Waals surface area (Å²) in [5, 5.41) is 0. The highest BCUT2D eigenvalue weighted by Gasteiger charge is 2.03. The Bertz CT molecular complexity index is 552. The highest BCUT2D eigenvalue weighted by Crippen LogP contribution is 2.05. The number of hydrogen-bond acceptors (Lipinski definition) is 2. The molecular weight excluding hydrogens is 226 g/mol. The average Bonchev–Trinajstić information content (AvgIpc) is 2.42. The Kier molecular flexibility index (Phi) is 4.07. The number of Topliss-reactive ketones (excluding diaryl/α,β-unsaturated/α-hetero) is 1. The van der Waals surface area contributed by atoms with Crippen LogP contribution in [0.1, 0.15) is 23.2 Å². The van der Waals surface area contributed by atoms with Crippen LogP contribution in [0.25, 0.3) is 0 Å². The number of nitrogens with zero attached hydrogens (tertiary/aromatic N) is 1. The Hall–Kier alpha value is -2.16. The van der Waals surface area contributed by atoms with Gasteiger partial charge in [0.1, 0.15) is 0 Å². The first-order valence-corrected chi connectivity index (χ1v) is 6.00. The molecule has 0 aliphatic carbocycles. The Balaban J connectivity index is 1.84. The van der Waals surface area contributed by atoms with Crippen molar-refractivity contribution in [3.05, 3.63) is 70.6 Å². The van der Waals surface area contributed by atoms with E-state index in [0.717, 1.165) is 18.5 Å². The fourth-order valence-corrected chi connectivity index (χ4v) is 1.78. The van der Waals surface area contributed by atoms with Crippen molar-refractivity contribution in [1.29, 1.82) is 0 Å². The molecule has 0 aliphatic heterocycles. The highest BCUT2D eigenvalue weighted by atomic mass is 16.1. The number of aryl methyl sites for hydroxylation is 1. The van der Waals surface area contributed by atoms with Crippen molar-refractivity contribution in [3.63, 3.8) is 0 Å². The van der Waals surface area contributed by atoms with Crippen LogP contribution in [0.2, 0.25) is 0 Å². The van der Waals surface area contributed by atoms with E-state index in [1.807, 2.05) is 34.9 Å². The zero-order valence-electron chi connectivity index (χ0n) is 10.1. The molecule has 3 nitrogen and oxygen atoms in total. The molecule has 3 heteroatoms. The first kappa shape index (κ1) is 12.3. The van der Waals surface area contributed by atoms with Crippen LogP contribution in [0.4, 0.5) is 0 Å². The number of rotatable bonds is 5. The van der Waals surface area contributed by atoms with E-state index in [1.54, 1.807) is 12.4 Å². The minimum Gasteiger partial charge on any atom is -0.354 e. The third-order valence-corrected chi connectivity index (χ3v) is 2.78. The quantitative estimate of drug-likeness (QED) is 0.754. The number of carbonyl (C=O) groups is 1. The fraction of sp³-hybridized carbons (Fsp3) is 0.200. The molecule has 92 valence electrons. The van der Waals surface area contributed by atoms with Gasteiger partial charge >= 0.3 is 0 Å². The molecular formula is C15H15NO2. The topological polar surface area (TPSA) is 39.1 Å². The number of hydrogen-bond donors (Lipinski definition) is 0. The van der Waals surface area contributed by atoms with E-state index >= 15 is 0 Å². The van der Waals surface area contributed by atoms with Crippen molar-refractivity contribution in [2.45, 2.75) is 19.4 Å². The van der Waals surface area contributed by atoms with Crippen LogP contribution in [-0.2, 0) is 6.54 Å². The lowest BCUT2D eigenvalue weighted by molar-refractivity contribution is 0.0978. The van der Waals surface area contributed by atoms with Crippen LogP contribution < -0.4 is 5.43 Å². The van der Waals surface area contributed by atoms with Gasteiger partial charge in [0.25, 0.3) is 0 Å². The first-order chi connectivity index (χ1) is 8.75. The van der Waals surface area contributed by atoms with Crippen LogP contribution in [0.3, 0.4) is 0 Å². The molecule has 0 saturated carbocycles. The lowest BCUT2D eigenvalue weighted by Crippen LogP contribution is -2.06. The molecule has 0 radical (unpaired) electrons. The van der Waals surface area contributed by atoms with Gasteiger partial charge in [-0.05, 0) is 6.42 Å². The molecule has 0 unspecified atom stereocenters. The van der Waals surface area contributed by atoms with Gasteiger partial charge in [-0.2, -0.15) is 0 Å². The maximum absolute atomic E-state index is 11.8. The van der Waals surface area contributed by atoms with Crippen molar-refractivity contribution < 1.29 is 4.79 Å². The van der Waals surface area contributed by atoms with Crippen molar-refractivity contribution >= 4 is 5.78 Å². The Morgan fingerprint density at radius 3 is 2.33 bits per heavy atom. The van der Waals surface area contributed by atoms with E-state index in [0.29, 0.717) is 6.42 Å². The van der Waals surface area contributed by atoms with E-state index in [2.05, 4.69) is 0 Å². The van der Waals surface area contributed by atoms with E-state index in [9.17, 15) is 9.59 Å². The SMILES string of the molecule is O=C(CCCn1ccc(=O)cc1)c1ccccc1. The second-order valence-electron chi connectivity index (χ2n) is 4.16. The molecule has 0 saturated heterocycles. The van der Waals surface area contributed by atoms with E-state index in [1.165, 1.54) is 12.1 Å². The largest absolute Gasteiger partial charge is 0.354 e. The summed E-state index contributed by atoms with van der Waals surface area (Å²) in [6.45, 7) is 0.749. The zero-order valence-corrected chi connectivity index (χ0v) is 10.1. The molecule has 1 heterocycles. The molecule has 2 rings (SSSR count). The van der Waals surface area contributed by atoms with E-state index in [4.69, 9.17) is 0 Å². The third kappa shape index (κ3) is 3.42. The standard InChI is InChI=1S/C15H15NO2/c17-14-8-11-16(12-9-14)10-4-7-15(18)13-5-2-1-3-6-13/h1-3,5-6,8-9,11-12H,4,7,10H2. The number of carbonyl (C=O) groups excluding carboxylic acids is 1. The van der Waals surface area contributed by atoms with Crippen molar-refractivity contribution in [3.8, 4) is 0 Å². The lowest BCUT2D eigenvalue weighted by Gasteiger charge is -2.05. The van der Waals surface area contributed by atoms with Crippen LogP contribution in [0.15, 0.2) is 59.7 Å². The summed E-state index contributed by atoms with van der Waals surface area (Å²) < 4.78 is 1.92. The van der Waals surface area contributed by atoms with Gasteiger partial charge in [-0.1, -0.05) is 30.3 Å². The zero-order chi connectivity index (χ0) is 12.8. The summed E-state index contributed by atoms with van der Waals surface area (Å²) in [5.41, 5.74) is 0.768. The van der Waals surface area contributed by atoms with Gasteiger partial charge < -0.3 is 4.57 Å². The van der Waals surface area contributed by atoms with Crippen LogP contribution in [0.5, 0.6) is 0 Å². The Morgan fingerprint density at radius 1 is 1.00 bits per heavy atom. The maximum Gasteiger partial charge on any atom is 0.181 e. The Labute approximate surface area is 106 Å². The molecule has 0 spiro atoms. The second-order valence-corrected chi connectivity index (χ2v) is 4.16. The Morgan fingerprint density at radius 2 is 1.67 bits per heavy atom. The molecule has 1 aromatic heterocycles. The normalized spacial score (nSPS) is 10.2. The van der Waals surface area contributed by atoms with Crippen LogP contribution in [0, 0.1) is 0 Å². The molecule has 0 fully saturated rings. The van der Waals surface area contributed by atoms with Crippen LogP contribution in [-0.4, -0.2) is 10.4 Å². The van der Waals surface area contributed by atoms with Crippen molar-refractivity contribution in [1.82, 2.24) is 4.57 Å². The summed E-state index contributed by atoms with van der Waals surface area (Å²) in [7, 11) is 0. The van der Waals surface area contributed by atoms with Gasteiger partial charge in [-0.25, -0.2) is 0 Å². The summed E-state index contributed by atoms with van der Waals surface area (Å²) in [5.74, 6) is 0.164. The minimum atomic E-state index is 0.00612. The lowest BCUT2D eigenvalue weighted by atomic mass is 10.1. The van der Waals surface area contributed by atoms with E-state index < -0.39 is 0 Å². The molecule has 0 amide bonds. The molecule has 0 N–H and O–H groups in total. The summed E-state index contributed by atoms with van der Waals surface area (Å²) in [6, 6.07) is 12.4. The van der Waals surface area contributed by atoms with Crippen molar-refractivity contribution in [2.75, 3.05) is 0 Å². The molecule has 0 aliphatic rings. The molecule has 2 aromatic rings. The highest BCUT2D eigenvalue weighted by molar-refractivity contribution is 5.95. The average molecular weight is 241 g/mol. The fourth-order valence-electron chi connectivity index (χ4n) is 1.78. The summed E-state index contributed by atoms with van der Waals surface area (Å²) >= 11 is 0. The number of aromatic nitrogens is 1. The van der Waals surface area contributed by atoms with Gasteiger partial charge in [0.2, 0.25) is 0 Å². The minimum absolute atomic E-state index is 0.00612. The second kappa shape index (κ2) is 5.96. The third-order valence-electron chi connectivity index (χ3n) is 2.78. The monoisotopic (exact) mass is 241 g/mol. The number of pyridine rings is 1. The smallest absolute Gasteiger partial charge is 0.181 e.